The molecule has 2 saturated heterocycles. The van der Waals surface area contributed by atoms with E-state index in [1.807, 2.05) is 7.05 Å². The molecule has 0 aromatic heterocycles. The highest BCUT2D eigenvalue weighted by molar-refractivity contribution is 5.80. The van der Waals surface area contributed by atoms with Crippen LogP contribution in [0, 0.1) is 17.3 Å². The van der Waals surface area contributed by atoms with Gasteiger partial charge in [0.25, 0.3) is 0 Å². The van der Waals surface area contributed by atoms with Crippen LogP contribution in [0.15, 0.2) is 4.99 Å². The van der Waals surface area contributed by atoms with Crippen LogP contribution in [-0.4, -0.2) is 75.3 Å². The second kappa shape index (κ2) is 6.60. The predicted octanol–water partition coefficient (Wildman–Crippen LogP) is 1.41. The monoisotopic (exact) mass is 320 g/mol. The van der Waals surface area contributed by atoms with E-state index in [0.717, 1.165) is 63.7 Å². The number of guanidine groups is 1. The number of hydrogen-bond donors (Lipinski definition) is 1. The van der Waals surface area contributed by atoms with Gasteiger partial charge in [-0.3, -0.25) is 9.89 Å². The zero-order chi connectivity index (χ0) is 15.7. The van der Waals surface area contributed by atoms with Crippen molar-refractivity contribution in [3.63, 3.8) is 0 Å². The van der Waals surface area contributed by atoms with Crippen LogP contribution in [-0.2, 0) is 4.74 Å². The van der Waals surface area contributed by atoms with Gasteiger partial charge in [0.15, 0.2) is 5.96 Å². The molecule has 0 aromatic rings. The fraction of sp³-hybridized carbons (Fsp3) is 0.944. The van der Waals surface area contributed by atoms with Crippen molar-refractivity contribution >= 4 is 5.96 Å². The topological polar surface area (TPSA) is 40.1 Å². The highest BCUT2D eigenvalue weighted by Crippen LogP contribution is 2.60. The van der Waals surface area contributed by atoms with Crippen molar-refractivity contribution in [1.82, 2.24) is 15.1 Å². The van der Waals surface area contributed by atoms with Crippen LogP contribution in [0.1, 0.15) is 32.1 Å². The molecule has 0 aromatic carbocycles. The van der Waals surface area contributed by atoms with E-state index in [4.69, 9.17) is 4.74 Å². The lowest BCUT2D eigenvalue weighted by molar-refractivity contribution is 0.139. The van der Waals surface area contributed by atoms with Gasteiger partial charge >= 0.3 is 0 Å². The van der Waals surface area contributed by atoms with Gasteiger partial charge in [0.1, 0.15) is 0 Å². The average molecular weight is 320 g/mol. The number of ether oxygens (including phenoxy) is 1. The second-order valence-corrected chi connectivity index (χ2v) is 8.05. The van der Waals surface area contributed by atoms with E-state index in [0.29, 0.717) is 5.41 Å². The van der Waals surface area contributed by atoms with Crippen LogP contribution >= 0.6 is 0 Å². The molecule has 0 radical (unpaired) electrons. The minimum atomic E-state index is 0.639. The van der Waals surface area contributed by atoms with Crippen LogP contribution in [0.3, 0.4) is 0 Å². The third-order valence-electron chi connectivity index (χ3n) is 6.36. The van der Waals surface area contributed by atoms with Crippen LogP contribution in [0.25, 0.3) is 0 Å². The fourth-order valence-electron chi connectivity index (χ4n) is 4.41. The molecule has 2 aliphatic heterocycles. The maximum atomic E-state index is 5.50. The number of rotatable bonds is 5. The van der Waals surface area contributed by atoms with Gasteiger partial charge in [0.2, 0.25) is 0 Å². The molecule has 1 unspecified atom stereocenters. The Bertz CT molecular complexity index is 430. The molecule has 23 heavy (non-hydrogen) atoms. The molecule has 2 aliphatic carbocycles. The Balaban J connectivity index is 1.22. The lowest BCUT2D eigenvalue weighted by Gasteiger charge is -2.37. The van der Waals surface area contributed by atoms with Crippen molar-refractivity contribution in [2.45, 2.75) is 32.1 Å². The summed E-state index contributed by atoms with van der Waals surface area (Å²) in [5.74, 6) is 2.90. The summed E-state index contributed by atoms with van der Waals surface area (Å²) in [4.78, 5) is 9.60. The second-order valence-electron chi connectivity index (χ2n) is 8.05. The number of piperazine rings is 1. The molecule has 1 atom stereocenters. The first-order valence-electron chi connectivity index (χ1n) is 9.55. The quantitative estimate of drug-likeness (QED) is 0.614. The molecule has 2 heterocycles. The lowest BCUT2D eigenvalue weighted by Crippen LogP contribution is -2.53. The Morgan fingerprint density at radius 2 is 1.96 bits per heavy atom. The summed E-state index contributed by atoms with van der Waals surface area (Å²) < 4.78 is 5.50. The first-order valence-corrected chi connectivity index (χ1v) is 9.55. The molecule has 0 amide bonds. The molecule has 5 heteroatoms. The van der Waals surface area contributed by atoms with Gasteiger partial charge in [0, 0.05) is 52.9 Å². The molecule has 0 spiro atoms. The fourth-order valence-corrected chi connectivity index (χ4v) is 4.41. The third kappa shape index (κ3) is 3.66. The Hall–Kier alpha value is -0.810. The van der Waals surface area contributed by atoms with Crippen LogP contribution in [0.5, 0.6) is 0 Å². The summed E-state index contributed by atoms with van der Waals surface area (Å²) in [7, 11) is 1.93. The van der Waals surface area contributed by atoms with E-state index in [1.165, 1.54) is 38.6 Å². The first kappa shape index (κ1) is 15.7. The summed E-state index contributed by atoms with van der Waals surface area (Å²) >= 11 is 0. The van der Waals surface area contributed by atoms with Gasteiger partial charge in [-0.25, -0.2) is 0 Å². The van der Waals surface area contributed by atoms with Crippen LogP contribution in [0.2, 0.25) is 0 Å². The highest BCUT2D eigenvalue weighted by atomic mass is 16.5. The van der Waals surface area contributed by atoms with Gasteiger partial charge in [-0.05, 0) is 49.4 Å². The Kier molecular flexibility index (Phi) is 4.50. The van der Waals surface area contributed by atoms with Gasteiger partial charge in [0.05, 0.1) is 6.61 Å². The largest absolute Gasteiger partial charge is 0.381 e. The van der Waals surface area contributed by atoms with E-state index in [-0.39, 0.29) is 0 Å². The molecule has 0 bridgehead atoms. The molecule has 130 valence electrons. The summed E-state index contributed by atoms with van der Waals surface area (Å²) in [5.41, 5.74) is 0.639. The zero-order valence-electron chi connectivity index (χ0n) is 14.6. The Labute approximate surface area is 140 Å². The third-order valence-corrected chi connectivity index (χ3v) is 6.36. The molecule has 4 fully saturated rings. The molecular formula is C18H32N4O. The normalized spacial score (nSPS) is 31.4. The minimum Gasteiger partial charge on any atom is -0.381 e. The summed E-state index contributed by atoms with van der Waals surface area (Å²) in [6.45, 7) is 8.80. The average Bonchev–Trinajstić information content (AvgIpc) is 3.49. The van der Waals surface area contributed by atoms with Crippen molar-refractivity contribution in [2.75, 3.05) is 59.5 Å². The standard InChI is InChI=1S/C18H32N4O/c1-19-17(20-14-18(5-6-18)16-2-3-16)22-9-7-21(8-10-22)12-15-4-11-23-13-15/h15-16H,2-14H2,1H3,(H,19,20). The number of nitrogens with one attached hydrogen (secondary N) is 1. The van der Waals surface area contributed by atoms with E-state index >= 15 is 0 Å². The Morgan fingerprint density at radius 3 is 2.52 bits per heavy atom. The highest BCUT2D eigenvalue weighted by Gasteiger charge is 2.53. The van der Waals surface area contributed by atoms with Crippen LogP contribution < -0.4 is 5.32 Å². The van der Waals surface area contributed by atoms with E-state index in [2.05, 4.69) is 20.1 Å². The Morgan fingerprint density at radius 1 is 1.17 bits per heavy atom. The van der Waals surface area contributed by atoms with Crippen molar-refractivity contribution < 1.29 is 4.74 Å². The SMILES string of the molecule is CN=C(NCC1(C2CC2)CC1)N1CCN(CC2CCOC2)CC1. The summed E-state index contributed by atoms with van der Waals surface area (Å²) in [6, 6.07) is 0. The van der Waals surface area contributed by atoms with Crippen molar-refractivity contribution in [3.8, 4) is 0 Å². The number of hydrogen-bond acceptors (Lipinski definition) is 3. The van der Waals surface area contributed by atoms with Gasteiger partial charge < -0.3 is 15.0 Å². The maximum absolute atomic E-state index is 5.50. The molecule has 1 N–H and O–H groups in total. The predicted molar refractivity (Wildman–Crippen MR) is 92.7 cm³/mol. The number of nitrogens with zero attached hydrogens (tertiary/aromatic N) is 3. The van der Waals surface area contributed by atoms with Crippen LogP contribution in [0.4, 0.5) is 0 Å². The molecular weight excluding hydrogens is 288 g/mol. The van der Waals surface area contributed by atoms with Gasteiger partial charge in [-0.15, -0.1) is 0 Å². The zero-order valence-corrected chi connectivity index (χ0v) is 14.6. The van der Waals surface area contributed by atoms with Crippen molar-refractivity contribution in [1.29, 1.82) is 0 Å². The van der Waals surface area contributed by atoms with Gasteiger partial charge in [-0.2, -0.15) is 0 Å². The maximum Gasteiger partial charge on any atom is 0.193 e. The minimum absolute atomic E-state index is 0.639. The molecule has 2 saturated carbocycles. The summed E-state index contributed by atoms with van der Waals surface area (Å²) in [5, 5.41) is 3.69. The molecule has 4 aliphatic rings. The molecule has 5 nitrogen and oxygen atoms in total. The van der Waals surface area contributed by atoms with E-state index in [1.54, 1.807) is 0 Å². The first-order chi connectivity index (χ1) is 11.3. The van der Waals surface area contributed by atoms with Crippen molar-refractivity contribution in [3.05, 3.63) is 0 Å². The summed E-state index contributed by atoms with van der Waals surface area (Å²) in [6.07, 6.45) is 7.03. The van der Waals surface area contributed by atoms with E-state index < -0.39 is 0 Å². The lowest BCUT2D eigenvalue weighted by atomic mass is 10.0. The molecule has 4 rings (SSSR count). The smallest absolute Gasteiger partial charge is 0.193 e. The van der Waals surface area contributed by atoms with Crippen molar-refractivity contribution in [2.24, 2.45) is 22.2 Å². The van der Waals surface area contributed by atoms with Gasteiger partial charge in [-0.1, -0.05) is 0 Å². The number of aliphatic imine (C=N–C) groups is 1. The van der Waals surface area contributed by atoms with E-state index in [9.17, 15) is 0 Å².